The van der Waals surface area contributed by atoms with Gasteiger partial charge >= 0.3 is 12.2 Å². The lowest BCUT2D eigenvalue weighted by molar-refractivity contribution is -0.137. The van der Waals surface area contributed by atoms with E-state index in [2.05, 4.69) is 10.6 Å². The topological polar surface area (TPSA) is 50.4 Å². The number of carbonyl (C=O) groups excluding carboxylic acids is 1. The number of halogens is 4. The first kappa shape index (κ1) is 16.6. The number of carbonyl (C=O) groups is 1. The smallest absolute Gasteiger partial charge is 0.380 e. The predicted molar refractivity (Wildman–Crippen MR) is 70.0 cm³/mol. The number of rotatable bonds is 5. The van der Waals surface area contributed by atoms with Crippen LogP contribution in [0.2, 0.25) is 5.02 Å². The van der Waals surface area contributed by atoms with Crippen molar-refractivity contribution in [3.05, 3.63) is 28.8 Å². The highest BCUT2D eigenvalue weighted by Crippen LogP contribution is 2.36. The second-order valence-electron chi connectivity index (χ2n) is 3.77. The molecular formula is C12H14ClF3N2O2. The lowest BCUT2D eigenvalue weighted by atomic mass is 10.2. The molecule has 2 N–H and O–H groups in total. The number of urea groups is 1. The van der Waals surface area contributed by atoms with Gasteiger partial charge in [-0.15, -0.1) is 0 Å². The third-order valence-electron chi connectivity index (χ3n) is 2.27. The number of hydrogen-bond donors (Lipinski definition) is 2. The van der Waals surface area contributed by atoms with Crippen LogP contribution in [0.15, 0.2) is 18.2 Å². The van der Waals surface area contributed by atoms with Gasteiger partial charge in [0.1, 0.15) is 0 Å². The Kier molecular flexibility index (Phi) is 6.09. The quantitative estimate of drug-likeness (QED) is 0.818. The molecule has 1 aromatic rings. The highest BCUT2D eigenvalue weighted by atomic mass is 35.5. The van der Waals surface area contributed by atoms with Crippen molar-refractivity contribution in [3.63, 3.8) is 0 Å². The first-order valence-electron chi connectivity index (χ1n) is 5.84. The van der Waals surface area contributed by atoms with Crippen LogP contribution in [0, 0.1) is 0 Å². The van der Waals surface area contributed by atoms with E-state index in [0.29, 0.717) is 13.2 Å². The summed E-state index contributed by atoms with van der Waals surface area (Å²) in [6.45, 7) is 2.93. The highest BCUT2D eigenvalue weighted by Gasteiger charge is 2.33. The maximum Gasteiger partial charge on any atom is 0.417 e. The van der Waals surface area contributed by atoms with Gasteiger partial charge in [-0.1, -0.05) is 11.6 Å². The molecule has 112 valence electrons. The minimum absolute atomic E-state index is 0.00985. The molecule has 0 aliphatic carbocycles. The third kappa shape index (κ3) is 5.26. The largest absolute Gasteiger partial charge is 0.417 e. The molecule has 0 aliphatic heterocycles. The van der Waals surface area contributed by atoms with Crippen molar-refractivity contribution < 1.29 is 22.7 Å². The Morgan fingerprint density at radius 3 is 2.70 bits per heavy atom. The standard InChI is InChI=1S/C12H14ClF3N2O2/c1-2-20-6-5-17-11(19)18-8-3-4-10(13)9(7-8)12(14,15)16/h3-4,7H,2,5-6H2,1H3,(H2,17,18,19). The van der Waals surface area contributed by atoms with E-state index in [9.17, 15) is 18.0 Å². The molecule has 0 saturated carbocycles. The van der Waals surface area contributed by atoms with Crippen LogP contribution in [0.5, 0.6) is 0 Å². The summed E-state index contributed by atoms with van der Waals surface area (Å²) in [4.78, 5) is 11.4. The Bertz CT molecular complexity index is 467. The first-order chi connectivity index (χ1) is 9.34. The van der Waals surface area contributed by atoms with E-state index in [1.807, 2.05) is 6.92 Å². The van der Waals surface area contributed by atoms with Crippen LogP contribution in [0.3, 0.4) is 0 Å². The second-order valence-corrected chi connectivity index (χ2v) is 4.18. The lowest BCUT2D eigenvalue weighted by Crippen LogP contribution is -2.31. The van der Waals surface area contributed by atoms with Crippen LogP contribution < -0.4 is 10.6 Å². The van der Waals surface area contributed by atoms with Gasteiger partial charge in [0.05, 0.1) is 17.2 Å². The van der Waals surface area contributed by atoms with E-state index in [-0.39, 0.29) is 12.2 Å². The van der Waals surface area contributed by atoms with Crippen molar-refractivity contribution in [3.8, 4) is 0 Å². The Balaban J connectivity index is 2.62. The van der Waals surface area contributed by atoms with Gasteiger partial charge in [-0.2, -0.15) is 13.2 Å². The molecule has 0 unspecified atom stereocenters. The van der Waals surface area contributed by atoms with Crippen molar-refractivity contribution in [2.45, 2.75) is 13.1 Å². The van der Waals surface area contributed by atoms with Crippen molar-refractivity contribution >= 4 is 23.3 Å². The van der Waals surface area contributed by atoms with Crippen LogP contribution in [0.1, 0.15) is 12.5 Å². The fraction of sp³-hybridized carbons (Fsp3) is 0.417. The van der Waals surface area contributed by atoms with Gasteiger partial charge in [-0.05, 0) is 25.1 Å². The monoisotopic (exact) mass is 310 g/mol. The second kappa shape index (κ2) is 7.35. The molecule has 0 bridgehead atoms. The number of nitrogens with one attached hydrogen (secondary N) is 2. The molecule has 0 heterocycles. The molecule has 0 spiro atoms. The maximum atomic E-state index is 12.6. The molecule has 20 heavy (non-hydrogen) atoms. The number of benzene rings is 1. The average Bonchev–Trinajstić information content (AvgIpc) is 2.36. The van der Waals surface area contributed by atoms with Crippen molar-refractivity contribution in [2.75, 3.05) is 25.1 Å². The molecule has 8 heteroatoms. The SMILES string of the molecule is CCOCCNC(=O)Nc1ccc(Cl)c(C(F)(F)F)c1. The van der Waals surface area contributed by atoms with Gasteiger partial charge in [0.25, 0.3) is 0 Å². The Morgan fingerprint density at radius 2 is 2.10 bits per heavy atom. The summed E-state index contributed by atoms with van der Waals surface area (Å²) >= 11 is 5.47. The maximum absolute atomic E-state index is 12.6. The van der Waals surface area contributed by atoms with Crippen LogP contribution in [-0.2, 0) is 10.9 Å². The van der Waals surface area contributed by atoms with Crippen LogP contribution >= 0.6 is 11.6 Å². The van der Waals surface area contributed by atoms with Crippen LogP contribution in [0.25, 0.3) is 0 Å². The van der Waals surface area contributed by atoms with Gasteiger partial charge in [0.15, 0.2) is 0 Å². The molecule has 0 atom stereocenters. The summed E-state index contributed by atoms with van der Waals surface area (Å²) in [5, 5.41) is 4.33. The average molecular weight is 311 g/mol. The summed E-state index contributed by atoms with van der Waals surface area (Å²) in [5.74, 6) is 0. The van der Waals surface area contributed by atoms with Crippen molar-refractivity contribution in [2.24, 2.45) is 0 Å². The molecule has 1 rings (SSSR count). The number of hydrogen-bond acceptors (Lipinski definition) is 2. The van der Waals surface area contributed by atoms with E-state index < -0.39 is 22.8 Å². The molecule has 0 fully saturated rings. The van der Waals surface area contributed by atoms with E-state index in [1.165, 1.54) is 6.07 Å². The fourth-order valence-electron chi connectivity index (χ4n) is 1.38. The van der Waals surface area contributed by atoms with Crippen molar-refractivity contribution in [1.29, 1.82) is 0 Å². The minimum Gasteiger partial charge on any atom is -0.380 e. The summed E-state index contributed by atoms with van der Waals surface area (Å²) in [6, 6.07) is 2.55. The van der Waals surface area contributed by atoms with Crippen molar-refractivity contribution in [1.82, 2.24) is 5.32 Å². The summed E-state index contributed by atoms with van der Waals surface area (Å²) in [7, 11) is 0. The number of ether oxygens (including phenoxy) is 1. The number of amides is 2. The normalized spacial score (nSPS) is 11.2. The van der Waals surface area contributed by atoms with E-state index in [1.54, 1.807) is 0 Å². The molecule has 1 aromatic carbocycles. The van der Waals surface area contributed by atoms with Crippen LogP contribution in [0.4, 0.5) is 23.7 Å². The zero-order valence-electron chi connectivity index (χ0n) is 10.7. The highest BCUT2D eigenvalue weighted by molar-refractivity contribution is 6.31. The predicted octanol–water partition coefficient (Wildman–Crippen LogP) is 3.52. The Hall–Kier alpha value is -1.47. The third-order valence-corrected chi connectivity index (χ3v) is 2.60. The molecule has 0 aliphatic rings. The first-order valence-corrected chi connectivity index (χ1v) is 6.21. The molecule has 2 amide bonds. The molecule has 0 saturated heterocycles. The summed E-state index contributed by atoms with van der Waals surface area (Å²) in [5.41, 5.74) is -0.984. The number of anilines is 1. The molecule has 4 nitrogen and oxygen atoms in total. The van der Waals surface area contributed by atoms with Gasteiger partial charge in [-0.3, -0.25) is 0 Å². The molecule has 0 radical (unpaired) electrons. The molecular weight excluding hydrogens is 297 g/mol. The summed E-state index contributed by atoms with van der Waals surface area (Å²) < 4.78 is 42.9. The molecule has 0 aromatic heterocycles. The Morgan fingerprint density at radius 1 is 1.40 bits per heavy atom. The van der Waals surface area contributed by atoms with E-state index in [4.69, 9.17) is 16.3 Å². The minimum atomic E-state index is -4.57. The lowest BCUT2D eigenvalue weighted by Gasteiger charge is -2.12. The Labute approximate surface area is 119 Å². The van der Waals surface area contributed by atoms with E-state index in [0.717, 1.165) is 12.1 Å². The zero-order chi connectivity index (χ0) is 15.2. The zero-order valence-corrected chi connectivity index (χ0v) is 11.4. The van der Waals surface area contributed by atoms with Gasteiger partial charge in [0, 0.05) is 18.8 Å². The summed E-state index contributed by atoms with van der Waals surface area (Å²) in [6.07, 6.45) is -4.57. The van der Waals surface area contributed by atoms with Gasteiger partial charge < -0.3 is 15.4 Å². The van der Waals surface area contributed by atoms with Gasteiger partial charge in [-0.25, -0.2) is 4.79 Å². The number of alkyl halides is 3. The van der Waals surface area contributed by atoms with E-state index >= 15 is 0 Å². The fourth-order valence-corrected chi connectivity index (χ4v) is 1.60. The van der Waals surface area contributed by atoms with Gasteiger partial charge in [0.2, 0.25) is 0 Å². The van der Waals surface area contributed by atoms with Crippen LogP contribution in [-0.4, -0.2) is 25.8 Å².